The van der Waals surface area contributed by atoms with Gasteiger partial charge < -0.3 is 5.32 Å². The summed E-state index contributed by atoms with van der Waals surface area (Å²) in [5, 5.41) is 2.54. The molecule has 5 heteroatoms. The molecule has 0 unspecified atom stereocenters. The second-order valence-corrected chi connectivity index (χ2v) is 5.58. The van der Waals surface area contributed by atoms with Crippen LogP contribution >= 0.6 is 0 Å². The fraction of sp³-hybridized carbons (Fsp3) is 0.533. The second kappa shape index (κ2) is 6.29. The van der Waals surface area contributed by atoms with Gasteiger partial charge in [-0.25, -0.2) is 13.2 Å². The smallest absolute Gasteiger partial charge is 0.257 e. The normalized spacial score (nSPS) is 22.6. The van der Waals surface area contributed by atoms with Gasteiger partial charge in [0, 0.05) is 18.7 Å². The summed E-state index contributed by atoms with van der Waals surface area (Å²) in [7, 11) is 0. The number of hydrogen-bond acceptors (Lipinski definition) is 1. The van der Waals surface area contributed by atoms with Gasteiger partial charge in [-0.1, -0.05) is 19.8 Å². The summed E-state index contributed by atoms with van der Waals surface area (Å²) in [6.07, 6.45) is 4.24. The minimum Gasteiger partial charge on any atom is -0.352 e. The number of carbonyl (C=O) groups excluding carboxylic acids is 1. The monoisotopic (exact) mass is 285 g/mol. The molecule has 1 amide bonds. The molecule has 0 radical (unpaired) electrons. The van der Waals surface area contributed by atoms with E-state index in [9.17, 15) is 18.0 Å². The van der Waals surface area contributed by atoms with E-state index in [0.29, 0.717) is 30.5 Å². The maximum Gasteiger partial charge on any atom is 0.257 e. The quantitative estimate of drug-likeness (QED) is 0.902. The lowest BCUT2D eigenvalue weighted by atomic mass is 9.83. The largest absolute Gasteiger partial charge is 0.352 e. The zero-order chi connectivity index (χ0) is 14.7. The summed E-state index contributed by atoms with van der Waals surface area (Å²) in [6, 6.07) is 1.03. The van der Waals surface area contributed by atoms with Gasteiger partial charge in [-0.15, -0.1) is 0 Å². The molecule has 2 nitrogen and oxygen atoms in total. The molecule has 1 N–H and O–H groups in total. The first kappa shape index (κ1) is 14.9. The average molecular weight is 285 g/mol. The lowest BCUT2D eigenvalue weighted by Crippen LogP contribution is -2.32. The van der Waals surface area contributed by atoms with Gasteiger partial charge in [0.15, 0.2) is 0 Å². The third-order valence-electron chi connectivity index (χ3n) is 3.92. The van der Waals surface area contributed by atoms with Gasteiger partial charge in [0.25, 0.3) is 5.91 Å². The Morgan fingerprint density at radius 3 is 2.25 bits per heavy atom. The van der Waals surface area contributed by atoms with E-state index in [0.717, 1.165) is 25.7 Å². The molecule has 0 aromatic heterocycles. The van der Waals surface area contributed by atoms with Crippen molar-refractivity contribution in [2.75, 3.05) is 6.54 Å². The zero-order valence-corrected chi connectivity index (χ0v) is 11.4. The third kappa shape index (κ3) is 3.52. The van der Waals surface area contributed by atoms with Gasteiger partial charge >= 0.3 is 0 Å². The second-order valence-electron chi connectivity index (χ2n) is 5.58. The molecule has 1 aliphatic carbocycles. The summed E-state index contributed by atoms with van der Waals surface area (Å²) >= 11 is 0. The molecule has 20 heavy (non-hydrogen) atoms. The highest BCUT2D eigenvalue weighted by molar-refractivity contribution is 5.94. The molecule has 0 aliphatic heterocycles. The van der Waals surface area contributed by atoms with E-state index in [1.165, 1.54) is 0 Å². The standard InChI is InChI=1S/C15H18F3NO/c1-9-2-4-10(5-3-9)8-19-15(20)14-12(17)6-11(16)7-13(14)18/h6-7,9-10H,2-5,8H2,1H3,(H,19,20). The van der Waals surface area contributed by atoms with Crippen molar-refractivity contribution in [3.63, 3.8) is 0 Å². The maximum atomic E-state index is 13.4. The molecule has 0 saturated heterocycles. The first-order valence-electron chi connectivity index (χ1n) is 6.90. The lowest BCUT2D eigenvalue weighted by Gasteiger charge is -2.26. The van der Waals surface area contributed by atoms with E-state index in [-0.39, 0.29) is 0 Å². The van der Waals surface area contributed by atoms with Crippen molar-refractivity contribution in [3.05, 3.63) is 35.1 Å². The van der Waals surface area contributed by atoms with Crippen molar-refractivity contribution in [2.45, 2.75) is 32.6 Å². The Hall–Kier alpha value is -1.52. The van der Waals surface area contributed by atoms with Crippen molar-refractivity contribution >= 4 is 5.91 Å². The molecule has 1 fully saturated rings. The molecule has 0 spiro atoms. The fourth-order valence-corrected chi connectivity index (χ4v) is 2.62. The summed E-state index contributed by atoms with van der Waals surface area (Å²) in [5.74, 6) is -3.14. The molecule has 2 rings (SSSR count). The van der Waals surface area contributed by atoms with Crippen LogP contribution in [0.4, 0.5) is 13.2 Å². The molecular weight excluding hydrogens is 267 g/mol. The highest BCUT2D eigenvalue weighted by Crippen LogP contribution is 2.27. The van der Waals surface area contributed by atoms with Gasteiger partial charge in [0.2, 0.25) is 0 Å². The number of amides is 1. The Kier molecular flexibility index (Phi) is 4.68. The molecular formula is C15H18F3NO. The Bertz CT molecular complexity index is 473. The number of carbonyl (C=O) groups is 1. The summed E-state index contributed by atoms with van der Waals surface area (Å²) < 4.78 is 39.6. The van der Waals surface area contributed by atoms with Gasteiger partial charge in [-0.05, 0) is 24.7 Å². The lowest BCUT2D eigenvalue weighted by molar-refractivity contribution is 0.0933. The van der Waals surface area contributed by atoms with Crippen LogP contribution in [0.15, 0.2) is 12.1 Å². The summed E-state index contributed by atoms with van der Waals surface area (Å²) in [5.41, 5.74) is -0.712. The number of nitrogens with one attached hydrogen (secondary N) is 1. The molecule has 110 valence electrons. The Morgan fingerprint density at radius 1 is 1.15 bits per heavy atom. The van der Waals surface area contributed by atoms with Crippen LogP contribution < -0.4 is 5.32 Å². The van der Waals surface area contributed by atoms with E-state index in [1.807, 2.05) is 0 Å². The van der Waals surface area contributed by atoms with Gasteiger partial charge in [0.05, 0.1) is 0 Å². The highest BCUT2D eigenvalue weighted by atomic mass is 19.1. The van der Waals surface area contributed by atoms with Crippen LogP contribution in [-0.4, -0.2) is 12.5 Å². The van der Waals surface area contributed by atoms with E-state index in [1.54, 1.807) is 0 Å². The van der Waals surface area contributed by atoms with Crippen molar-refractivity contribution in [3.8, 4) is 0 Å². The topological polar surface area (TPSA) is 29.1 Å². The summed E-state index contributed by atoms with van der Waals surface area (Å²) in [6.45, 7) is 2.60. The minimum atomic E-state index is -1.17. The Morgan fingerprint density at radius 2 is 1.70 bits per heavy atom. The van der Waals surface area contributed by atoms with E-state index in [4.69, 9.17) is 0 Å². The van der Waals surface area contributed by atoms with Gasteiger partial charge in [-0.2, -0.15) is 0 Å². The number of rotatable bonds is 3. The minimum absolute atomic E-state index is 0.349. The predicted molar refractivity (Wildman–Crippen MR) is 69.8 cm³/mol. The van der Waals surface area contributed by atoms with E-state index < -0.39 is 28.9 Å². The van der Waals surface area contributed by atoms with Crippen molar-refractivity contribution < 1.29 is 18.0 Å². The first-order valence-corrected chi connectivity index (χ1v) is 6.90. The number of halogens is 3. The molecule has 1 aliphatic rings. The molecule has 0 bridgehead atoms. The van der Waals surface area contributed by atoms with Crippen LogP contribution in [-0.2, 0) is 0 Å². The molecule has 0 heterocycles. The fourth-order valence-electron chi connectivity index (χ4n) is 2.62. The van der Waals surface area contributed by atoms with Crippen LogP contribution in [0.2, 0.25) is 0 Å². The van der Waals surface area contributed by atoms with Crippen molar-refractivity contribution in [1.82, 2.24) is 5.32 Å². The Balaban J connectivity index is 1.95. The highest BCUT2D eigenvalue weighted by Gasteiger charge is 2.22. The van der Waals surface area contributed by atoms with Crippen LogP contribution in [0.25, 0.3) is 0 Å². The van der Waals surface area contributed by atoms with E-state index >= 15 is 0 Å². The van der Waals surface area contributed by atoms with Crippen LogP contribution in [0.3, 0.4) is 0 Å². The molecule has 1 aromatic rings. The summed E-state index contributed by atoms with van der Waals surface area (Å²) in [4.78, 5) is 11.8. The van der Waals surface area contributed by atoms with Gasteiger partial charge in [-0.3, -0.25) is 4.79 Å². The van der Waals surface area contributed by atoms with Crippen LogP contribution in [0, 0.1) is 29.3 Å². The van der Waals surface area contributed by atoms with Crippen molar-refractivity contribution in [2.24, 2.45) is 11.8 Å². The van der Waals surface area contributed by atoms with E-state index in [2.05, 4.69) is 12.2 Å². The van der Waals surface area contributed by atoms with Gasteiger partial charge in [0.1, 0.15) is 23.0 Å². The molecule has 1 saturated carbocycles. The van der Waals surface area contributed by atoms with Crippen molar-refractivity contribution in [1.29, 1.82) is 0 Å². The maximum absolute atomic E-state index is 13.4. The zero-order valence-electron chi connectivity index (χ0n) is 11.4. The first-order chi connectivity index (χ1) is 9.47. The average Bonchev–Trinajstić information content (AvgIpc) is 2.37. The SMILES string of the molecule is CC1CCC(CNC(=O)c2c(F)cc(F)cc2F)CC1. The number of benzene rings is 1. The van der Waals surface area contributed by atoms with Crippen LogP contribution in [0.1, 0.15) is 43.0 Å². The van der Waals surface area contributed by atoms with Crippen LogP contribution in [0.5, 0.6) is 0 Å². The predicted octanol–water partition coefficient (Wildman–Crippen LogP) is 3.66. The number of hydrogen-bond donors (Lipinski definition) is 1. The molecule has 0 atom stereocenters. The Labute approximate surface area is 116 Å². The molecule has 1 aromatic carbocycles. The third-order valence-corrected chi connectivity index (χ3v) is 3.92.